The zero-order valence-corrected chi connectivity index (χ0v) is 16.1. The summed E-state index contributed by atoms with van der Waals surface area (Å²) in [6, 6.07) is 18.9. The lowest BCUT2D eigenvalue weighted by atomic mass is 10.2. The standard InChI is InChI=1S/C22H22N4S/c1-18-7-5-10-20(15-18)24-22-26(13-6-12-25-14-11-23-17-25)21(16-27-22)19-8-3-2-4-9-19/h2-5,7-11,14-17H,6,12-13H2,1H3. The molecule has 2 aromatic heterocycles. The Kier molecular flexibility index (Phi) is 5.30. The van der Waals surface area contributed by atoms with Gasteiger partial charge in [0.15, 0.2) is 4.80 Å². The topological polar surface area (TPSA) is 35.1 Å². The molecule has 4 nitrogen and oxygen atoms in total. The molecule has 0 amide bonds. The minimum absolute atomic E-state index is 0.913. The number of hydrogen-bond donors (Lipinski definition) is 0. The lowest BCUT2D eigenvalue weighted by molar-refractivity contribution is 0.559. The maximum atomic E-state index is 4.93. The molecule has 136 valence electrons. The van der Waals surface area contributed by atoms with Gasteiger partial charge < -0.3 is 9.13 Å². The largest absolute Gasteiger partial charge is 0.337 e. The van der Waals surface area contributed by atoms with E-state index in [-0.39, 0.29) is 0 Å². The van der Waals surface area contributed by atoms with Crippen molar-refractivity contribution >= 4 is 17.0 Å². The summed E-state index contributed by atoms with van der Waals surface area (Å²) in [7, 11) is 0. The molecule has 0 fully saturated rings. The Morgan fingerprint density at radius 1 is 1.04 bits per heavy atom. The van der Waals surface area contributed by atoms with E-state index in [0.29, 0.717) is 0 Å². The Morgan fingerprint density at radius 3 is 2.70 bits per heavy atom. The first-order valence-corrected chi connectivity index (χ1v) is 9.98. The quantitative estimate of drug-likeness (QED) is 0.465. The predicted molar refractivity (Wildman–Crippen MR) is 111 cm³/mol. The van der Waals surface area contributed by atoms with Gasteiger partial charge in [0.05, 0.1) is 17.7 Å². The zero-order valence-electron chi connectivity index (χ0n) is 15.3. The van der Waals surface area contributed by atoms with Crippen LogP contribution in [0, 0.1) is 6.92 Å². The molecule has 0 bridgehead atoms. The molecule has 0 atom stereocenters. The number of nitrogens with zero attached hydrogens (tertiary/aromatic N) is 4. The van der Waals surface area contributed by atoms with Gasteiger partial charge in [-0.25, -0.2) is 9.98 Å². The van der Waals surface area contributed by atoms with Crippen LogP contribution in [-0.2, 0) is 13.1 Å². The van der Waals surface area contributed by atoms with Gasteiger partial charge in [-0.15, -0.1) is 11.3 Å². The number of aryl methyl sites for hydroxylation is 2. The van der Waals surface area contributed by atoms with E-state index < -0.39 is 0 Å². The van der Waals surface area contributed by atoms with Gasteiger partial charge in [-0.1, -0.05) is 42.5 Å². The molecule has 0 unspecified atom stereocenters. The van der Waals surface area contributed by atoms with Gasteiger partial charge in [-0.05, 0) is 36.6 Å². The number of aromatic nitrogens is 3. The number of benzene rings is 2. The van der Waals surface area contributed by atoms with Crippen LogP contribution in [0.4, 0.5) is 5.69 Å². The van der Waals surface area contributed by atoms with E-state index in [1.165, 1.54) is 16.8 Å². The summed E-state index contributed by atoms with van der Waals surface area (Å²) in [5.41, 5.74) is 4.67. The number of hydrogen-bond acceptors (Lipinski definition) is 3. The maximum absolute atomic E-state index is 4.93. The van der Waals surface area contributed by atoms with Crippen LogP contribution < -0.4 is 4.80 Å². The molecule has 0 radical (unpaired) electrons. The molecule has 4 rings (SSSR count). The van der Waals surface area contributed by atoms with Crippen LogP contribution in [0.15, 0.2) is 83.7 Å². The van der Waals surface area contributed by atoms with Crippen LogP contribution in [0.3, 0.4) is 0 Å². The first kappa shape index (κ1) is 17.5. The highest BCUT2D eigenvalue weighted by Gasteiger charge is 2.08. The molecular weight excluding hydrogens is 352 g/mol. The van der Waals surface area contributed by atoms with Crippen molar-refractivity contribution in [3.8, 4) is 11.3 Å². The smallest absolute Gasteiger partial charge is 0.190 e. The maximum Gasteiger partial charge on any atom is 0.190 e. The van der Waals surface area contributed by atoms with Gasteiger partial charge in [-0.2, -0.15) is 0 Å². The second-order valence-electron chi connectivity index (χ2n) is 6.53. The molecule has 0 N–H and O–H groups in total. The second-order valence-corrected chi connectivity index (χ2v) is 7.36. The minimum atomic E-state index is 0.913. The van der Waals surface area contributed by atoms with Crippen molar-refractivity contribution in [1.29, 1.82) is 0 Å². The molecular formula is C22H22N4S. The second kappa shape index (κ2) is 8.18. The number of thiazole rings is 1. The van der Waals surface area contributed by atoms with Crippen LogP contribution in [0.5, 0.6) is 0 Å². The molecule has 0 aliphatic carbocycles. The molecule has 0 aliphatic heterocycles. The van der Waals surface area contributed by atoms with Crippen molar-refractivity contribution in [2.75, 3.05) is 0 Å². The van der Waals surface area contributed by atoms with Crippen molar-refractivity contribution in [1.82, 2.24) is 14.1 Å². The van der Waals surface area contributed by atoms with Crippen molar-refractivity contribution in [3.63, 3.8) is 0 Å². The Morgan fingerprint density at radius 2 is 1.93 bits per heavy atom. The van der Waals surface area contributed by atoms with Gasteiger partial charge in [-0.3, -0.25) is 0 Å². The highest BCUT2D eigenvalue weighted by molar-refractivity contribution is 7.07. The van der Waals surface area contributed by atoms with E-state index >= 15 is 0 Å². The van der Waals surface area contributed by atoms with E-state index in [9.17, 15) is 0 Å². The minimum Gasteiger partial charge on any atom is -0.337 e. The van der Waals surface area contributed by atoms with Gasteiger partial charge in [0, 0.05) is 30.9 Å². The monoisotopic (exact) mass is 374 g/mol. The Labute approximate surface area is 163 Å². The third-order valence-corrected chi connectivity index (χ3v) is 5.31. The van der Waals surface area contributed by atoms with Gasteiger partial charge in [0.25, 0.3) is 0 Å². The Balaban J connectivity index is 1.69. The third kappa shape index (κ3) is 4.26. The van der Waals surface area contributed by atoms with E-state index in [0.717, 1.165) is 30.0 Å². The van der Waals surface area contributed by atoms with E-state index in [1.807, 2.05) is 18.7 Å². The normalized spacial score (nSPS) is 11.8. The molecule has 4 aromatic rings. The fraction of sp³-hybridized carbons (Fsp3) is 0.182. The lowest BCUT2D eigenvalue weighted by Gasteiger charge is -2.10. The summed E-state index contributed by atoms with van der Waals surface area (Å²) >= 11 is 1.70. The summed E-state index contributed by atoms with van der Waals surface area (Å²) in [5, 5.41) is 2.21. The van der Waals surface area contributed by atoms with Crippen molar-refractivity contribution < 1.29 is 0 Å². The van der Waals surface area contributed by atoms with Crippen LogP contribution in [0.1, 0.15) is 12.0 Å². The summed E-state index contributed by atoms with van der Waals surface area (Å²) in [4.78, 5) is 10.1. The molecule has 2 heterocycles. The third-order valence-electron chi connectivity index (χ3n) is 4.45. The van der Waals surface area contributed by atoms with Crippen LogP contribution >= 0.6 is 11.3 Å². The fourth-order valence-corrected chi connectivity index (χ4v) is 4.07. The number of imidazole rings is 1. The molecule has 0 saturated carbocycles. The van der Waals surface area contributed by atoms with E-state index in [1.54, 1.807) is 11.3 Å². The SMILES string of the molecule is Cc1cccc(N=c2scc(-c3ccccc3)n2CCCn2ccnc2)c1. The van der Waals surface area contributed by atoms with E-state index in [4.69, 9.17) is 4.99 Å². The molecule has 0 saturated heterocycles. The highest BCUT2D eigenvalue weighted by atomic mass is 32.1. The van der Waals surface area contributed by atoms with Crippen LogP contribution in [0.2, 0.25) is 0 Å². The molecule has 0 aliphatic rings. The predicted octanol–water partition coefficient (Wildman–Crippen LogP) is 5.04. The van der Waals surface area contributed by atoms with E-state index in [2.05, 4.69) is 81.0 Å². The van der Waals surface area contributed by atoms with Crippen LogP contribution in [-0.4, -0.2) is 14.1 Å². The van der Waals surface area contributed by atoms with Gasteiger partial charge in [0.2, 0.25) is 0 Å². The van der Waals surface area contributed by atoms with Gasteiger partial charge in [0.1, 0.15) is 0 Å². The Hall–Kier alpha value is -2.92. The zero-order chi connectivity index (χ0) is 18.5. The first-order chi connectivity index (χ1) is 13.3. The summed E-state index contributed by atoms with van der Waals surface area (Å²) in [6.07, 6.45) is 6.72. The van der Waals surface area contributed by atoms with Gasteiger partial charge >= 0.3 is 0 Å². The van der Waals surface area contributed by atoms with Crippen molar-refractivity contribution in [2.24, 2.45) is 4.99 Å². The summed E-state index contributed by atoms with van der Waals surface area (Å²) in [5.74, 6) is 0. The summed E-state index contributed by atoms with van der Waals surface area (Å²) in [6.45, 7) is 3.96. The molecule has 27 heavy (non-hydrogen) atoms. The molecule has 5 heteroatoms. The summed E-state index contributed by atoms with van der Waals surface area (Å²) < 4.78 is 4.45. The molecule has 2 aromatic carbocycles. The Bertz CT molecular complexity index is 1060. The lowest BCUT2D eigenvalue weighted by Crippen LogP contribution is -2.17. The van der Waals surface area contributed by atoms with Crippen molar-refractivity contribution in [2.45, 2.75) is 26.4 Å². The van der Waals surface area contributed by atoms with Crippen molar-refractivity contribution in [3.05, 3.63) is 89.1 Å². The average molecular weight is 375 g/mol. The average Bonchev–Trinajstić information content (AvgIpc) is 3.33. The first-order valence-electron chi connectivity index (χ1n) is 9.10. The fourth-order valence-electron chi connectivity index (χ4n) is 3.11. The molecule has 0 spiro atoms. The highest BCUT2D eigenvalue weighted by Crippen LogP contribution is 2.21. The van der Waals surface area contributed by atoms with Crippen LogP contribution in [0.25, 0.3) is 11.3 Å². The number of rotatable bonds is 6.